The molecule has 21 heavy (non-hydrogen) atoms. The molecule has 0 spiro atoms. The molecule has 0 radical (unpaired) electrons. The molecule has 6 heteroatoms. The van der Waals surface area contributed by atoms with Crippen LogP contribution in [0.2, 0.25) is 0 Å². The first-order chi connectivity index (χ1) is 10.3. The summed E-state index contributed by atoms with van der Waals surface area (Å²) in [5, 5.41) is 15.2. The van der Waals surface area contributed by atoms with Gasteiger partial charge in [0.05, 0.1) is 15.8 Å². The van der Waals surface area contributed by atoms with Crippen LogP contribution in [0.4, 0.5) is 11.4 Å². The Morgan fingerprint density at radius 1 is 1.33 bits per heavy atom. The van der Waals surface area contributed by atoms with Gasteiger partial charge in [-0.25, -0.2) is 0 Å². The van der Waals surface area contributed by atoms with E-state index in [1.165, 1.54) is 0 Å². The molecule has 1 fully saturated rings. The summed E-state index contributed by atoms with van der Waals surface area (Å²) in [4.78, 5) is 15.2. The number of rotatable bonds is 4. The van der Waals surface area contributed by atoms with Crippen LogP contribution in [0.25, 0.3) is 10.9 Å². The predicted molar refractivity (Wildman–Crippen MR) is 80.4 cm³/mol. The van der Waals surface area contributed by atoms with Gasteiger partial charge in [0.15, 0.2) is 0 Å². The number of nitro groups is 1. The number of anilines is 1. The number of pyridine rings is 1. The molecule has 3 rings (SSSR count). The third-order valence-electron chi connectivity index (χ3n) is 3.86. The Balaban J connectivity index is 1.87. The molecule has 110 valence electrons. The molecule has 0 bridgehead atoms. The molecule has 0 amide bonds. The van der Waals surface area contributed by atoms with Crippen molar-refractivity contribution in [3.05, 3.63) is 40.6 Å². The molecule has 1 aliphatic rings. The lowest BCUT2D eigenvalue weighted by Crippen LogP contribution is -2.22. The lowest BCUT2D eigenvalue weighted by molar-refractivity contribution is -0.382. The van der Waals surface area contributed by atoms with E-state index in [9.17, 15) is 10.1 Å². The fraction of sp³-hybridized carbons (Fsp3) is 0.400. The molecule has 6 nitrogen and oxygen atoms in total. The molecule has 0 saturated carbocycles. The van der Waals surface area contributed by atoms with Gasteiger partial charge >= 0.3 is 5.69 Å². The van der Waals surface area contributed by atoms with Gasteiger partial charge in [-0.2, -0.15) is 0 Å². The number of fused-ring (bicyclic) bond motifs is 1. The molecule has 2 heterocycles. The first kappa shape index (κ1) is 13.8. The smallest absolute Gasteiger partial charge is 0.301 e. The van der Waals surface area contributed by atoms with Crippen LogP contribution < -0.4 is 5.32 Å². The highest BCUT2D eigenvalue weighted by Crippen LogP contribution is 2.32. The zero-order valence-corrected chi connectivity index (χ0v) is 11.6. The van der Waals surface area contributed by atoms with E-state index in [2.05, 4.69) is 10.3 Å². The molecule has 2 aromatic rings. The zero-order valence-electron chi connectivity index (χ0n) is 11.6. The second kappa shape index (κ2) is 6.05. The Labute approximate surface area is 122 Å². The second-order valence-electron chi connectivity index (χ2n) is 5.23. The van der Waals surface area contributed by atoms with E-state index in [0.29, 0.717) is 22.5 Å². The molecular formula is C15H17N3O3. The molecule has 1 N–H and O–H groups in total. The minimum Gasteiger partial charge on any atom is -0.381 e. The van der Waals surface area contributed by atoms with Crippen LogP contribution in [0, 0.1) is 16.0 Å². The minimum absolute atomic E-state index is 0.104. The second-order valence-corrected chi connectivity index (χ2v) is 5.23. The van der Waals surface area contributed by atoms with Crippen molar-refractivity contribution in [1.29, 1.82) is 0 Å². The normalized spacial score (nSPS) is 16.0. The number of nitrogens with zero attached hydrogens (tertiary/aromatic N) is 2. The summed E-state index contributed by atoms with van der Waals surface area (Å²) in [6.07, 6.45) is 3.63. The van der Waals surface area contributed by atoms with E-state index in [-0.39, 0.29) is 10.6 Å². The van der Waals surface area contributed by atoms with Gasteiger partial charge in [0.1, 0.15) is 5.69 Å². The summed E-state index contributed by atoms with van der Waals surface area (Å²) in [5.74, 6) is 0.503. The van der Waals surface area contributed by atoms with Gasteiger partial charge in [0.2, 0.25) is 0 Å². The topological polar surface area (TPSA) is 77.3 Å². The number of nitro benzene ring substituents is 1. The molecule has 1 aromatic heterocycles. The van der Waals surface area contributed by atoms with Crippen molar-refractivity contribution in [3.8, 4) is 0 Å². The number of nitrogens with one attached hydrogen (secondary N) is 1. The van der Waals surface area contributed by atoms with Crippen molar-refractivity contribution in [1.82, 2.24) is 4.98 Å². The van der Waals surface area contributed by atoms with Crippen molar-refractivity contribution >= 4 is 22.3 Å². The van der Waals surface area contributed by atoms with Crippen LogP contribution in [0.5, 0.6) is 0 Å². The van der Waals surface area contributed by atoms with E-state index in [1.807, 2.05) is 6.07 Å². The molecule has 1 aliphatic heterocycles. The van der Waals surface area contributed by atoms with Gasteiger partial charge in [-0.1, -0.05) is 0 Å². The van der Waals surface area contributed by atoms with Crippen LogP contribution in [0.15, 0.2) is 30.5 Å². The summed E-state index contributed by atoms with van der Waals surface area (Å²) in [7, 11) is 0. The van der Waals surface area contributed by atoms with Crippen molar-refractivity contribution in [2.75, 3.05) is 25.1 Å². The maximum absolute atomic E-state index is 11.4. The quantitative estimate of drug-likeness (QED) is 0.691. The van der Waals surface area contributed by atoms with Crippen LogP contribution in [-0.2, 0) is 4.74 Å². The third kappa shape index (κ3) is 2.95. The number of aromatic nitrogens is 1. The zero-order chi connectivity index (χ0) is 14.7. The van der Waals surface area contributed by atoms with Crippen LogP contribution in [-0.4, -0.2) is 29.7 Å². The Morgan fingerprint density at radius 3 is 2.90 bits per heavy atom. The van der Waals surface area contributed by atoms with Gasteiger partial charge in [-0.3, -0.25) is 15.1 Å². The van der Waals surface area contributed by atoms with E-state index in [0.717, 1.165) is 32.6 Å². The summed E-state index contributed by atoms with van der Waals surface area (Å²) >= 11 is 0. The number of benzene rings is 1. The monoisotopic (exact) mass is 287 g/mol. The fourth-order valence-electron chi connectivity index (χ4n) is 2.68. The first-order valence-corrected chi connectivity index (χ1v) is 7.09. The highest BCUT2D eigenvalue weighted by Gasteiger charge is 2.20. The predicted octanol–water partition coefficient (Wildman–Crippen LogP) is 2.98. The van der Waals surface area contributed by atoms with Gasteiger partial charge in [-0.15, -0.1) is 0 Å². The molecule has 0 unspecified atom stereocenters. The van der Waals surface area contributed by atoms with Gasteiger partial charge in [0, 0.05) is 26.0 Å². The molecule has 1 saturated heterocycles. The fourth-order valence-corrected chi connectivity index (χ4v) is 2.68. The Hall–Kier alpha value is -2.21. The average Bonchev–Trinajstić information content (AvgIpc) is 2.53. The molecule has 1 aromatic carbocycles. The van der Waals surface area contributed by atoms with Gasteiger partial charge in [0.25, 0.3) is 0 Å². The Bertz CT molecular complexity index is 654. The highest BCUT2D eigenvalue weighted by molar-refractivity contribution is 5.94. The largest absolute Gasteiger partial charge is 0.381 e. The van der Waals surface area contributed by atoms with Crippen LogP contribution in [0.1, 0.15) is 12.8 Å². The standard InChI is InChI=1S/C15H17N3O3/c19-18(20)15-12-2-1-7-16-13(12)3-4-14(15)17-10-11-5-8-21-9-6-11/h1-4,7,11,17H,5-6,8-10H2. The minimum atomic E-state index is -0.337. The van der Waals surface area contributed by atoms with E-state index >= 15 is 0 Å². The van der Waals surface area contributed by atoms with Crippen molar-refractivity contribution in [2.45, 2.75) is 12.8 Å². The Kier molecular flexibility index (Phi) is 3.96. The maximum atomic E-state index is 11.4. The van der Waals surface area contributed by atoms with Crippen molar-refractivity contribution in [2.24, 2.45) is 5.92 Å². The highest BCUT2D eigenvalue weighted by atomic mass is 16.6. The van der Waals surface area contributed by atoms with E-state index in [1.54, 1.807) is 24.4 Å². The molecular weight excluding hydrogens is 270 g/mol. The van der Waals surface area contributed by atoms with Gasteiger partial charge < -0.3 is 10.1 Å². The number of hydrogen-bond donors (Lipinski definition) is 1. The summed E-state index contributed by atoms with van der Waals surface area (Å²) in [6, 6.07) is 7.01. The summed E-state index contributed by atoms with van der Waals surface area (Å²) in [5.41, 5.74) is 1.31. The summed E-state index contributed by atoms with van der Waals surface area (Å²) in [6.45, 7) is 2.28. The lowest BCUT2D eigenvalue weighted by Gasteiger charge is -2.22. The SMILES string of the molecule is O=[N+]([O-])c1c(NCC2CCOCC2)ccc2ncccc12. The maximum Gasteiger partial charge on any atom is 0.301 e. The van der Waals surface area contributed by atoms with Crippen LogP contribution >= 0.6 is 0 Å². The molecule has 0 aliphatic carbocycles. The lowest BCUT2D eigenvalue weighted by atomic mass is 10.0. The number of hydrogen-bond acceptors (Lipinski definition) is 5. The Morgan fingerprint density at radius 2 is 2.14 bits per heavy atom. The molecule has 0 atom stereocenters. The van der Waals surface area contributed by atoms with Crippen molar-refractivity contribution < 1.29 is 9.66 Å². The first-order valence-electron chi connectivity index (χ1n) is 7.09. The average molecular weight is 287 g/mol. The van der Waals surface area contributed by atoms with Crippen molar-refractivity contribution in [3.63, 3.8) is 0 Å². The summed E-state index contributed by atoms with van der Waals surface area (Å²) < 4.78 is 5.33. The van der Waals surface area contributed by atoms with E-state index in [4.69, 9.17) is 4.74 Å². The van der Waals surface area contributed by atoms with Crippen LogP contribution in [0.3, 0.4) is 0 Å². The third-order valence-corrected chi connectivity index (χ3v) is 3.86. The van der Waals surface area contributed by atoms with Gasteiger partial charge in [-0.05, 0) is 43.0 Å². The van der Waals surface area contributed by atoms with E-state index < -0.39 is 0 Å². The number of ether oxygens (including phenoxy) is 1.